The van der Waals surface area contributed by atoms with Gasteiger partial charge in [-0.2, -0.15) is 3.97 Å². The summed E-state index contributed by atoms with van der Waals surface area (Å²) in [6, 6.07) is 15.9. The van der Waals surface area contributed by atoms with Gasteiger partial charge in [0.15, 0.2) is 5.76 Å². The Kier molecular flexibility index (Phi) is 5.22. The first-order chi connectivity index (χ1) is 14.8. The van der Waals surface area contributed by atoms with Crippen molar-refractivity contribution in [1.82, 2.24) is 8.96 Å². The summed E-state index contributed by atoms with van der Waals surface area (Å²) in [5.74, 6) is 0.339. The zero-order valence-electron chi connectivity index (χ0n) is 16.3. The number of benzene rings is 2. The summed E-state index contributed by atoms with van der Waals surface area (Å²) in [6.45, 7) is 1.66. The van der Waals surface area contributed by atoms with Crippen LogP contribution in [0.5, 0.6) is 0 Å². The number of imidazole rings is 1. The number of aryl methyl sites for hydroxylation is 1. The average Bonchev–Trinajstić information content (AvgIpc) is 3.40. The Morgan fingerprint density at radius 3 is 2.48 bits per heavy atom. The zero-order chi connectivity index (χ0) is 22.0. The van der Waals surface area contributed by atoms with Crippen LogP contribution in [0.1, 0.15) is 5.56 Å². The Bertz CT molecular complexity index is 1390. The second-order valence-corrected chi connectivity index (χ2v) is 8.49. The first kappa shape index (κ1) is 20.2. The van der Waals surface area contributed by atoms with E-state index in [0.29, 0.717) is 26.7 Å². The highest BCUT2D eigenvalue weighted by atomic mass is 32.2. The molecule has 158 valence electrons. The molecule has 2 heterocycles. The van der Waals surface area contributed by atoms with Gasteiger partial charge in [0.05, 0.1) is 17.4 Å². The third kappa shape index (κ3) is 4.14. The topological polar surface area (TPSA) is 126 Å². The molecule has 0 atom stereocenters. The molecule has 0 saturated carbocycles. The molecule has 0 aliphatic carbocycles. The molecule has 4 aromatic rings. The number of urea groups is 1. The van der Waals surface area contributed by atoms with Gasteiger partial charge in [-0.25, -0.2) is 18.0 Å². The summed E-state index contributed by atoms with van der Waals surface area (Å²) >= 11 is 0. The second kappa shape index (κ2) is 8.00. The summed E-state index contributed by atoms with van der Waals surface area (Å²) in [6.07, 6.45) is 2.59. The average molecular weight is 438 g/mol. The van der Waals surface area contributed by atoms with Gasteiger partial charge in [0.25, 0.3) is 10.0 Å². The molecule has 31 heavy (non-hydrogen) atoms. The minimum absolute atomic E-state index is 0.0916. The lowest BCUT2D eigenvalue weighted by atomic mass is 10.2. The molecule has 0 saturated heterocycles. The summed E-state index contributed by atoms with van der Waals surface area (Å²) in [7, 11) is -4.15. The predicted octanol–water partition coefficient (Wildman–Crippen LogP) is 3.63. The van der Waals surface area contributed by atoms with E-state index in [0.717, 1.165) is 0 Å². The van der Waals surface area contributed by atoms with Gasteiger partial charge in [-0.05, 0) is 55.0 Å². The van der Waals surface area contributed by atoms with Gasteiger partial charge in [0.1, 0.15) is 5.69 Å². The molecule has 2 aromatic heterocycles. The van der Waals surface area contributed by atoms with Crippen molar-refractivity contribution < 1.29 is 17.6 Å². The highest BCUT2D eigenvalue weighted by Gasteiger charge is 2.22. The molecule has 9 nitrogen and oxygen atoms in total. The van der Waals surface area contributed by atoms with E-state index >= 15 is 0 Å². The van der Waals surface area contributed by atoms with Crippen molar-refractivity contribution in [3.05, 3.63) is 89.2 Å². The molecule has 0 fully saturated rings. The maximum absolute atomic E-state index is 13.0. The van der Waals surface area contributed by atoms with Crippen molar-refractivity contribution in [1.29, 1.82) is 0 Å². The Labute approximate surface area is 177 Å². The quantitative estimate of drug-likeness (QED) is 0.439. The SMILES string of the molecule is Cc1cc(S(=O)(=O)n2cc(-c3ccco3)[nH]c2=O)ccc1NC(=O)Nc1ccccc1. The van der Waals surface area contributed by atoms with E-state index in [2.05, 4.69) is 15.6 Å². The summed E-state index contributed by atoms with van der Waals surface area (Å²) in [4.78, 5) is 26.8. The number of furan rings is 1. The Morgan fingerprint density at radius 2 is 1.81 bits per heavy atom. The maximum Gasteiger partial charge on any atom is 0.340 e. The number of hydrogen-bond acceptors (Lipinski definition) is 5. The fraction of sp³-hybridized carbons (Fsp3) is 0.0476. The van der Waals surface area contributed by atoms with E-state index in [1.807, 2.05) is 6.07 Å². The molecule has 0 aliphatic rings. The predicted molar refractivity (Wildman–Crippen MR) is 116 cm³/mol. The van der Waals surface area contributed by atoms with Crippen molar-refractivity contribution in [2.24, 2.45) is 0 Å². The van der Waals surface area contributed by atoms with Crippen molar-refractivity contribution in [3.8, 4) is 11.5 Å². The molecule has 0 bridgehead atoms. The number of aromatic nitrogens is 2. The van der Waals surface area contributed by atoms with Gasteiger partial charge in [0.2, 0.25) is 0 Å². The van der Waals surface area contributed by atoms with Gasteiger partial charge in [-0.15, -0.1) is 0 Å². The van der Waals surface area contributed by atoms with Gasteiger partial charge < -0.3 is 20.0 Å². The number of hydrogen-bond donors (Lipinski definition) is 3. The molecule has 0 spiro atoms. The molecule has 3 N–H and O–H groups in total. The number of carbonyl (C=O) groups is 1. The van der Waals surface area contributed by atoms with Crippen molar-refractivity contribution in [2.75, 3.05) is 10.6 Å². The number of aromatic amines is 1. The highest BCUT2D eigenvalue weighted by Crippen LogP contribution is 2.23. The minimum atomic E-state index is -4.15. The number of rotatable bonds is 5. The van der Waals surface area contributed by atoms with E-state index in [-0.39, 0.29) is 10.6 Å². The van der Waals surface area contributed by atoms with Crippen LogP contribution in [0, 0.1) is 6.92 Å². The smallest absolute Gasteiger partial charge is 0.340 e. The highest BCUT2D eigenvalue weighted by molar-refractivity contribution is 7.90. The number of nitrogens with zero attached hydrogens (tertiary/aromatic N) is 1. The number of H-pyrrole nitrogens is 1. The van der Waals surface area contributed by atoms with E-state index in [1.54, 1.807) is 43.3 Å². The van der Waals surface area contributed by atoms with Crippen molar-refractivity contribution in [3.63, 3.8) is 0 Å². The number of amides is 2. The summed E-state index contributed by atoms with van der Waals surface area (Å²) in [5.41, 5.74) is 1.000. The Hall–Kier alpha value is -4.05. The Morgan fingerprint density at radius 1 is 1.03 bits per heavy atom. The molecule has 0 unspecified atom stereocenters. The van der Waals surface area contributed by atoms with E-state index in [4.69, 9.17) is 4.42 Å². The molecular formula is C21H18N4O5S. The van der Waals surface area contributed by atoms with Gasteiger partial charge in [-0.3, -0.25) is 0 Å². The maximum atomic E-state index is 13.0. The lowest BCUT2D eigenvalue weighted by Gasteiger charge is -2.12. The minimum Gasteiger partial charge on any atom is -0.463 e. The molecular weight excluding hydrogens is 420 g/mol. The number of nitrogens with one attached hydrogen (secondary N) is 3. The summed E-state index contributed by atoms with van der Waals surface area (Å²) < 4.78 is 31.8. The van der Waals surface area contributed by atoms with Crippen LogP contribution in [0.2, 0.25) is 0 Å². The lowest BCUT2D eigenvalue weighted by molar-refractivity contribution is 0.262. The third-order valence-corrected chi connectivity index (χ3v) is 6.15. The van der Waals surface area contributed by atoms with E-state index < -0.39 is 21.7 Å². The van der Waals surface area contributed by atoms with Crippen molar-refractivity contribution in [2.45, 2.75) is 11.8 Å². The number of para-hydroxylation sites is 1. The molecule has 2 amide bonds. The van der Waals surface area contributed by atoms with Crippen LogP contribution >= 0.6 is 0 Å². The summed E-state index contributed by atoms with van der Waals surface area (Å²) in [5, 5.41) is 5.36. The normalized spacial score (nSPS) is 11.3. The third-order valence-electron chi connectivity index (χ3n) is 4.51. The molecule has 0 radical (unpaired) electrons. The number of carbonyl (C=O) groups excluding carboxylic acids is 1. The van der Waals surface area contributed by atoms with Crippen LogP contribution < -0.4 is 16.3 Å². The molecule has 2 aromatic carbocycles. The number of anilines is 2. The largest absolute Gasteiger partial charge is 0.463 e. The zero-order valence-corrected chi connectivity index (χ0v) is 17.1. The second-order valence-electron chi connectivity index (χ2n) is 6.67. The Balaban J connectivity index is 1.57. The van der Waals surface area contributed by atoms with Gasteiger partial charge in [-0.1, -0.05) is 18.2 Å². The van der Waals surface area contributed by atoms with E-state index in [1.165, 1.54) is 30.7 Å². The van der Waals surface area contributed by atoms with Crippen LogP contribution in [0.4, 0.5) is 16.2 Å². The fourth-order valence-corrected chi connectivity index (χ4v) is 4.27. The first-order valence-electron chi connectivity index (χ1n) is 9.19. The fourth-order valence-electron chi connectivity index (χ4n) is 2.97. The van der Waals surface area contributed by atoms with E-state index in [9.17, 15) is 18.0 Å². The van der Waals surface area contributed by atoms with Crippen LogP contribution in [0.15, 0.2) is 87.2 Å². The van der Waals surface area contributed by atoms with Crippen molar-refractivity contribution >= 4 is 27.4 Å². The standard InChI is InChI=1S/C21H18N4O5S/c1-14-12-16(9-10-17(14)23-20(26)22-15-6-3-2-4-7-15)31(28,29)25-13-18(24-21(25)27)19-8-5-11-30-19/h2-13H,1H3,(H,24,27)(H2,22,23,26). The molecule has 0 aliphatic heterocycles. The van der Waals surface area contributed by atoms with Crippen LogP contribution in [0.25, 0.3) is 11.5 Å². The molecule has 10 heteroatoms. The lowest BCUT2D eigenvalue weighted by Crippen LogP contribution is -2.25. The van der Waals surface area contributed by atoms with Crippen LogP contribution in [-0.2, 0) is 10.0 Å². The van der Waals surface area contributed by atoms with Gasteiger partial charge >= 0.3 is 11.7 Å². The van der Waals surface area contributed by atoms with Crippen LogP contribution in [-0.4, -0.2) is 23.4 Å². The monoisotopic (exact) mass is 438 g/mol. The van der Waals surface area contributed by atoms with Crippen LogP contribution in [0.3, 0.4) is 0 Å². The first-order valence-corrected chi connectivity index (χ1v) is 10.6. The molecule has 4 rings (SSSR count). The van der Waals surface area contributed by atoms with Gasteiger partial charge in [0, 0.05) is 11.4 Å².